The Morgan fingerprint density at radius 1 is 0.795 bits per heavy atom. The predicted molar refractivity (Wildman–Crippen MR) is 155 cm³/mol. The Labute approximate surface area is 228 Å². The van der Waals surface area contributed by atoms with Gasteiger partial charge in [0.05, 0.1) is 11.6 Å². The number of hydrogen-bond acceptors (Lipinski definition) is 4. The third kappa shape index (κ3) is 4.72. The molecule has 1 saturated heterocycles. The van der Waals surface area contributed by atoms with Crippen LogP contribution >= 0.6 is 0 Å². The van der Waals surface area contributed by atoms with Crippen molar-refractivity contribution in [2.45, 2.75) is 38.6 Å². The molecule has 0 spiro atoms. The van der Waals surface area contributed by atoms with E-state index in [9.17, 15) is 14.7 Å². The summed E-state index contributed by atoms with van der Waals surface area (Å²) in [5.74, 6) is -1.45. The molecular weight excluding hydrogens is 484 g/mol. The van der Waals surface area contributed by atoms with E-state index >= 15 is 0 Å². The Balaban J connectivity index is 1.43. The molecule has 1 amide bonds. The highest BCUT2D eigenvalue weighted by atomic mass is 16.3. The smallest absolute Gasteiger partial charge is 0.300 e. The van der Waals surface area contributed by atoms with E-state index in [4.69, 9.17) is 0 Å². The second-order valence-electron chi connectivity index (χ2n) is 10.3. The average Bonchev–Trinajstić information content (AvgIpc) is 3.23. The fourth-order valence-electron chi connectivity index (χ4n) is 5.68. The number of hydrogen-bond donors (Lipinski definition) is 2. The minimum absolute atomic E-state index is 0.118. The van der Waals surface area contributed by atoms with Gasteiger partial charge in [-0.25, -0.2) is 0 Å². The molecule has 1 aliphatic carbocycles. The molecule has 4 aromatic rings. The maximum Gasteiger partial charge on any atom is 0.300 e. The molecule has 5 nitrogen and oxygen atoms in total. The highest BCUT2D eigenvalue weighted by Crippen LogP contribution is 2.43. The number of anilines is 3. The van der Waals surface area contributed by atoms with Gasteiger partial charge in [0.25, 0.3) is 11.7 Å². The van der Waals surface area contributed by atoms with E-state index in [1.54, 1.807) is 0 Å². The Bertz CT molecular complexity index is 1590. The monoisotopic (exact) mass is 514 g/mol. The fourth-order valence-corrected chi connectivity index (χ4v) is 5.68. The van der Waals surface area contributed by atoms with Gasteiger partial charge in [-0.3, -0.25) is 14.5 Å². The number of aliphatic hydroxyl groups excluding tert-OH is 1. The van der Waals surface area contributed by atoms with Gasteiger partial charge in [0.2, 0.25) is 0 Å². The molecule has 2 aliphatic rings. The van der Waals surface area contributed by atoms with Crippen LogP contribution in [-0.4, -0.2) is 16.8 Å². The fraction of sp³-hybridized carbons (Fsp3) is 0.176. The molecule has 5 heteroatoms. The number of nitrogens with zero attached hydrogens (tertiary/aromatic N) is 1. The van der Waals surface area contributed by atoms with Gasteiger partial charge in [0.1, 0.15) is 5.76 Å². The summed E-state index contributed by atoms with van der Waals surface area (Å²) < 4.78 is 0. The number of fused-ring (bicyclic) bond motifs is 1. The summed E-state index contributed by atoms with van der Waals surface area (Å²) >= 11 is 0. The number of ketones is 1. The van der Waals surface area contributed by atoms with E-state index in [0.29, 0.717) is 11.3 Å². The summed E-state index contributed by atoms with van der Waals surface area (Å²) in [4.78, 5) is 28.6. The van der Waals surface area contributed by atoms with E-state index in [-0.39, 0.29) is 11.3 Å². The van der Waals surface area contributed by atoms with Crippen molar-refractivity contribution < 1.29 is 14.7 Å². The van der Waals surface area contributed by atoms with E-state index in [1.807, 2.05) is 104 Å². The summed E-state index contributed by atoms with van der Waals surface area (Å²) in [5.41, 5.74) is 7.38. The second kappa shape index (κ2) is 10.3. The van der Waals surface area contributed by atoms with Gasteiger partial charge in [-0.15, -0.1) is 0 Å². The van der Waals surface area contributed by atoms with Crippen LogP contribution in [0.5, 0.6) is 0 Å². The molecule has 1 atom stereocenters. The highest BCUT2D eigenvalue weighted by Gasteiger charge is 2.47. The van der Waals surface area contributed by atoms with Crippen LogP contribution in [0.2, 0.25) is 0 Å². The van der Waals surface area contributed by atoms with Crippen LogP contribution < -0.4 is 10.2 Å². The topological polar surface area (TPSA) is 69.6 Å². The van der Waals surface area contributed by atoms with Crippen molar-refractivity contribution in [1.29, 1.82) is 0 Å². The molecule has 0 saturated carbocycles. The molecule has 1 fully saturated rings. The van der Waals surface area contributed by atoms with E-state index in [0.717, 1.165) is 48.2 Å². The van der Waals surface area contributed by atoms with Gasteiger partial charge < -0.3 is 10.4 Å². The number of amides is 1. The average molecular weight is 515 g/mol. The highest BCUT2D eigenvalue weighted by molar-refractivity contribution is 6.51. The molecule has 194 valence electrons. The molecule has 4 aromatic carbocycles. The maximum atomic E-state index is 13.5. The molecule has 6 rings (SSSR count). The molecule has 0 aromatic heterocycles. The van der Waals surface area contributed by atoms with Crippen molar-refractivity contribution in [2.75, 3.05) is 10.2 Å². The first-order chi connectivity index (χ1) is 19.0. The number of rotatable bonds is 5. The zero-order valence-corrected chi connectivity index (χ0v) is 21.9. The molecule has 1 heterocycles. The Morgan fingerprint density at radius 2 is 1.51 bits per heavy atom. The number of nitrogens with one attached hydrogen (secondary N) is 1. The zero-order chi connectivity index (χ0) is 26.9. The zero-order valence-electron chi connectivity index (χ0n) is 21.9. The lowest BCUT2D eigenvalue weighted by atomic mass is 9.88. The van der Waals surface area contributed by atoms with Gasteiger partial charge in [-0.05, 0) is 91.8 Å². The number of aliphatic hydroxyl groups is 1. The number of Topliss-reactive ketones (excluding diaryl/α,β-unsaturated/α-hetero) is 1. The number of para-hydroxylation sites is 1. The lowest BCUT2D eigenvalue weighted by Crippen LogP contribution is -2.29. The summed E-state index contributed by atoms with van der Waals surface area (Å²) in [6, 6.07) is 30.2. The Hall–Kier alpha value is -4.64. The molecular formula is C34H30N2O3. The Kier molecular flexibility index (Phi) is 6.49. The van der Waals surface area contributed by atoms with Gasteiger partial charge in [0, 0.05) is 22.6 Å². The second-order valence-corrected chi connectivity index (χ2v) is 10.3. The first kappa shape index (κ1) is 24.7. The number of carbonyl (C=O) groups is 2. The molecule has 0 radical (unpaired) electrons. The van der Waals surface area contributed by atoms with Crippen molar-refractivity contribution in [3.8, 4) is 0 Å². The van der Waals surface area contributed by atoms with Crippen molar-refractivity contribution in [3.05, 3.63) is 130 Å². The maximum absolute atomic E-state index is 13.5. The first-order valence-electron chi connectivity index (χ1n) is 13.4. The first-order valence-corrected chi connectivity index (χ1v) is 13.4. The predicted octanol–water partition coefficient (Wildman–Crippen LogP) is 7.24. The number of carbonyl (C=O) groups excluding carboxylic acids is 2. The van der Waals surface area contributed by atoms with Gasteiger partial charge in [0.15, 0.2) is 0 Å². The summed E-state index contributed by atoms with van der Waals surface area (Å²) in [6.45, 7) is 1.98. The summed E-state index contributed by atoms with van der Waals surface area (Å²) in [7, 11) is 0. The summed E-state index contributed by atoms with van der Waals surface area (Å²) in [6.07, 6.45) is 4.26. The SMILES string of the molecule is Cc1cccc(C2/C(=C(/O)c3ccc4c(c3)CCCC4)C(=O)C(=O)N2c2ccc(Nc3ccccc3)cc2)c1. The van der Waals surface area contributed by atoms with Crippen LogP contribution in [0, 0.1) is 6.92 Å². The van der Waals surface area contributed by atoms with Crippen molar-refractivity contribution in [1.82, 2.24) is 0 Å². The molecule has 2 N–H and O–H groups in total. The normalized spacial score (nSPS) is 18.2. The standard InChI is InChI=1S/C34H30N2O3/c1-22-8-7-11-25(20-22)31-30(32(37)26-15-14-23-9-5-6-10-24(23)21-26)33(38)34(39)36(31)29-18-16-28(17-19-29)35-27-12-3-2-4-13-27/h2-4,7-8,11-21,31,35,37H,5-6,9-10H2,1H3/b32-30-. The molecule has 1 aliphatic heterocycles. The van der Waals surface area contributed by atoms with E-state index in [1.165, 1.54) is 16.0 Å². The number of benzene rings is 4. The van der Waals surface area contributed by atoms with Gasteiger partial charge >= 0.3 is 0 Å². The van der Waals surface area contributed by atoms with Crippen LogP contribution in [0.25, 0.3) is 5.76 Å². The van der Waals surface area contributed by atoms with Crippen molar-refractivity contribution >= 4 is 34.5 Å². The van der Waals surface area contributed by atoms with Crippen LogP contribution in [0.15, 0.2) is 103 Å². The number of aryl methyl sites for hydroxylation is 3. The van der Waals surface area contributed by atoms with Crippen LogP contribution in [0.1, 0.15) is 46.7 Å². The van der Waals surface area contributed by atoms with Gasteiger partial charge in [-0.1, -0.05) is 60.2 Å². The molecule has 39 heavy (non-hydrogen) atoms. The van der Waals surface area contributed by atoms with E-state index < -0.39 is 17.7 Å². The Morgan fingerprint density at radius 3 is 2.26 bits per heavy atom. The lowest BCUT2D eigenvalue weighted by molar-refractivity contribution is -0.132. The van der Waals surface area contributed by atoms with E-state index in [2.05, 4.69) is 5.32 Å². The third-order valence-electron chi connectivity index (χ3n) is 7.63. The van der Waals surface area contributed by atoms with Crippen LogP contribution in [0.3, 0.4) is 0 Å². The summed E-state index contributed by atoms with van der Waals surface area (Å²) in [5, 5.41) is 14.9. The van der Waals surface area contributed by atoms with Crippen LogP contribution in [-0.2, 0) is 22.4 Å². The third-order valence-corrected chi connectivity index (χ3v) is 7.63. The molecule has 1 unspecified atom stereocenters. The minimum atomic E-state index is -0.742. The molecule has 0 bridgehead atoms. The minimum Gasteiger partial charge on any atom is -0.507 e. The lowest BCUT2D eigenvalue weighted by Gasteiger charge is -2.26. The van der Waals surface area contributed by atoms with Crippen molar-refractivity contribution in [3.63, 3.8) is 0 Å². The largest absolute Gasteiger partial charge is 0.507 e. The van der Waals surface area contributed by atoms with Crippen LogP contribution in [0.4, 0.5) is 17.1 Å². The van der Waals surface area contributed by atoms with Gasteiger partial charge in [-0.2, -0.15) is 0 Å². The quantitative estimate of drug-likeness (QED) is 0.167. The van der Waals surface area contributed by atoms with Crippen molar-refractivity contribution in [2.24, 2.45) is 0 Å².